The number of benzene rings is 3. The summed E-state index contributed by atoms with van der Waals surface area (Å²) in [4.78, 5) is 17.5. The molecule has 0 radical (unpaired) electrons. The average molecular weight is 556 g/mol. The van der Waals surface area contributed by atoms with Crippen LogP contribution in [0.15, 0.2) is 59.5 Å². The van der Waals surface area contributed by atoms with Gasteiger partial charge in [-0.2, -0.15) is 0 Å². The van der Waals surface area contributed by atoms with Gasteiger partial charge in [-0.15, -0.1) is 0 Å². The molecule has 0 unspecified atom stereocenters. The summed E-state index contributed by atoms with van der Waals surface area (Å²) < 4.78 is 34.5. The van der Waals surface area contributed by atoms with E-state index in [-0.39, 0.29) is 23.1 Å². The summed E-state index contributed by atoms with van der Waals surface area (Å²) in [7, 11) is -2.73. The highest BCUT2D eigenvalue weighted by Crippen LogP contribution is 2.33. The van der Waals surface area contributed by atoms with Crippen molar-refractivity contribution in [2.24, 2.45) is 0 Å². The van der Waals surface area contributed by atoms with Crippen LogP contribution >= 0.6 is 11.6 Å². The molecule has 0 aromatic heterocycles. The number of amides is 1. The van der Waals surface area contributed by atoms with Gasteiger partial charge in [-0.3, -0.25) is 9.10 Å². The molecule has 0 bridgehead atoms. The predicted octanol–water partition coefficient (Wildman–Crippen LogP) is 5.13. The van der Waals surface area contributed by atoms with Crippen LogP contribution < -0.4 is 13.9 Å². The van der Waals surface area contributed by atoms with Gasteiger partial charge in [0.05, 0.1) is 12.8 Å². The molecule has 1 aliphatic rings. The smallest absolute Gasteiger partial charge is 0.268 e. The molecule has 0 spiro atoms. The Morgan fingerprint density at radius 1 is 0.947 bits per heavy atom. The number of rotatable bonds is 7. The maximum absolute atomic E-state index is 14.0. The molecule has 0 aliphatic carbocycles. The normalized spacial score (nSPS) is 13.9. The monoisotopic (exact) mass is 555 g/mol. The molecule has 1 aliphatic heterocycles. The van der Waals surface area contributed by atoms with Gasteiger partial charge in [-0.25, -0.2) is 8.42 Å². The SMILES string of the molecule is COc1ccc(C)cc1S(=O)(=O)N(CC(=O)N1CCN(c2cccc(C)c2C)CC1)c1ccc(C)c(Cl)c1. The van der Waals surface area contributed by atoms with Gasteiger partial charge in [0.15, 0.2) is 0 Å². The highest BCUT2D eigenvalue weighted by atomic mass is 35.5. The van der Waals surface area contributed by atoms with E-state index < -0.39 is 10.0 Å². The van der Waals surface area contributed by atoms with Crippen LogP contribution in [0.5, 0.6) is 5.75 Å². The predicted molar refractivity (Wildman–Crippen MR) is 153 cm³/mol. The van der Waals surface area contributed by atoms with E-state index in [1.165, 1.54) is 23.9 Å². The third kappa shape index (κ3) is 5.61. The molecular weight excluding hydrogens is 522 g/mol. The largest absolute Gasteiger partial charge is 0.495 e. The van der Waals surface area contributed by atoms with Crippen molar-refractivity contribution in [3.8, 4) is 5.75 Å². The van der Waals surface area contributed by atoms with E-state index in [4.69, 9.17) is 16.3 Å². The molecule has 3 aromatic carbocycles. The van der Waals surface area contributed by atoms with Crippen molar-refractivity contribution in [2.45, 2.75) is 32.6 Å². The second-order valence-electron chi connectivity index (χ2n) is 9.69. The number of ether oxygens (including phenoxy) is 1. The Balaban J connectivity index is 1.61. The van der Waals surface area contributed by atoms with Crippen molar-refractivity contribution in [3.63, 3.8) is 0 Å². The second-order valence-corrected chi connectivity index (χ2v) is 11.9. The van der Waals surface area contributed by atoms with Gasteiger partial charge in [0, 0.05) is 36.9 Å². The van der Waals surface area contributed by atoms with E-state index in [1.807, 2.05) is 19.9 Å². The Morgan fingerprint density at radius 3 is 2.32 bits per heavy atom. The van der Waals surface area contributed by atoms with Crippen molar-refractivity contribution in [1.29, 1.82) is 0 Å². The summed E-state index contributed by atoms with van der Waals surface area (Å²) >= 11 is 6.37. The molecule has 0 saturated carbocycles. The molecule has 202 valence electrons. The van der Waals surface area contributed by atoms with Crippen molar-refractivity contribution in [2.75, 3.05) is 49.0 Å². The van der Waals surface area contributed by atoms with Gasteiger partial charge in [0.2, 0.25) is 5.91 Å². The van der Waals surface area contributed by atoms with E-state index in [2.05, 4.69) is 30.9 Å². The standard InChI is InChI=1S/C29H34ClN3O4S/c1-20-9-12-27(37-5)28(17-20)38(35,36)33(24-11-10-22(3)25(30)18-24)19-29(34)32-15-13-31(14-16-32)26-8-6-7-21(2)23(26)4/h6-12,17-18H,13-16,19H2,1-5H3. The molecule has 1 fully saturated rings. The minimum Gasteiger partial charge on any atom is -0.495 e. The number of methoxy groups -OCH3 is 1. The molecule has 1 saturated heterocycles. The first-order valence-electron chi connectivity index (χ1n) is 12.6. The van der Waals surface area contributed by atoms with Gasteiger partial charge in [-0.1, -0.05) is 35.9 Å². The molecule has 0 N–H and O–H groups in total. The maximum Gasteiger partial charge on any atom is 0.268 e. The molecule has 1 heterocycles. The first-order chi connectivity index (χ1) is 18.0. The Morgan fingerprint density at radius 2 is 1.66 bits per heavy atom. The van der Waals surface area contributed by atoms with Crippen molar-refractivity contribution >= 4 is 38.9 Å². The van der Waals surface area contributed by atoms with E-state index in [0.717, 1.165) is 15.4 Å². The highest BCUT2D eigenvalue weighted by molar-refractivity contribution is 7.93. The lowest BCUT2D eigenvalue weighted by Crippen LogP contribution is -2.52. The molecule has 7 nitrogen and oxygen atoms in total. The molecule has 3 aromatic rings. The third-order valence-electron chi connectivity index (χ3n) is 7.16. The number of anilines is 2. The van der Waals surface area contributed by atoms with Crippen LogP contribution in [-0.2, 0) is 14.8 Å². The van der Waals surface area contributed by atoms with Gasteiger partial charge < -0.3 is 14.5 Å². The molecule has 38 heavy (non-hydrogen) atoms. The fraction of sp³-hybridized carbons (Fsp3) is 0.345. The zero-order valence-electron chi connectivity index (χ0n) is 22.5. The number of hydrogen-bond donors (Lipinski definition) is 0. The molecule has 0 atom stereocenters. The lowest BCUT2D eigenvalue weighted by molar-refractivity contribution is -0.129. The summed E-state index contributed by atoms with van der Waals surface area (Å²) in [6.07, 6.45) is 0. The van der Waals surface area contributed by atoms with Crippen LogP contribution in [-0.4, -0.2) is 59.1 Å². The number of piperazine rings is 1. The third-order valence-corrected chi connectivity index (χ3v) is 9.36. The first kappa shape index (κ1) is 27.8. The Bertz CT molecular complexity index is 1450. The Labute approximate surface area is 230 Å². The quantitative estimate of drug-likeness (QED) is 0.404. The number of carbonyl (C=O) groups is 1. The number of aryl methyl sites for hydroxylation is 3. The summed E-state index contributed by atoms with van der Waals surface area (Å²) in [5, 5.41) is 0.425. The number of halogens is 1. The summed E-state index contributed by atoms with van der Waals surface area (Å²) in [6, 6.07) is 16.2. The minimum absolute atomic E-state index is 0.00393. The van der Waals surface area contributed by atoms with Crippen molar-refractivity contribution < 1.29 is 17.9 Å². The van der Waals surface area contributed by atoms with E-state index >= 15 is 0 Å². The average Bonchev–Trinajstić information content (AvgIpc) is 2.90. The second kappa shape index (κ2) is 11.3. The maximum atomic E-state index is 14.0. The highest BCUT2D eigenvalue weighted by Gasteiger charge is 2.33. The number of hydrogen-bond acceptors (Lipinski definition) is 5. The number of nitrogens with zero attached hydrogens (tertiary/aromatic N) is 3. The topological polar surface area (TPSA) is 70.2 Å². The lowest BCUT2D eigenvalue weighted by Gasteiger charge is -2.38. The van der Waals surface area contributed by atoms with Crippen molar-refractivity contribution in [3.05, 3.63) is 81.9 Å². The van der Waals surface area contributed by atoms with Crippen LogP contribution in [0.4, 0.5) is 11.4 Å². The summed E-state index contributed by atoms with van der Waals surface area (Å²) in [5.41, 5.74) is 5.53. The van der Waals surface area contributed by atoms with Gasteiger partial charge >= 0.3 is 0 Å². The summed E-state index contributed by atoms with van der Waals surface area (Å²) in [6.45, 7) is 9.86. The lowest BCUT2D eigenvalue weighted by atomic mass is 10.1. The van der Waals surface area contributed by atoms with E-state index in [0.29, 0.717) is 36.9 Å². The van der Waals surface area contributed by atoms with Gasteiger partial charge in [0.25, 0.3) is 10.0 Å². The first-order valence-corrected chi connectivity index (χ1v) is 14.4. The van der Waals surface area contributed by atoms with Crippen LogP contribution in [0.25, 0.3) is 0 Å². The van der Waals surface area contributed by atoms with Crippen LogP contribution in [0.2, 0.25) is 5.02 Å². The van der Waals surface area contributed by atoms with Crippen molar-refractivity contribution in [1.82, 2.24) is 4.90 Å². The van der Waals surface area contributed by atoms with Gasteiger partial charge in [0.1, 0.15) is 17.2 Å². The van der Waals surface area contributed by atoms with Crippen LogP contribution in [0.1, 0.15) is 22.3 Å². The minimum atomic E-state index is -4.16. The molecule has 9 heteroatoms. The fourth-order valence-electron chi connectivity index (χ4n) is 4.65. The summed E-state index contributed by atoms with van der Waals surface area (Å²) in [5.74, 6) is -0.0501. The van der Waals surface area contributed by atoms with E-state index in [9.17, 15) is 13.2 Å². The number of carbonyl (C=O) groups excluding carboxylic acids is 1. The Kier molecular flexibility index (Phi) is 8.23. The zero-order valence-corrected chi connectivity index (χ0v) is 24.1. The molecule has 4 rings (SSSR count). The van der Waals surface area contributed by atoms with Gasteiger partial charge in [-0.05, 0) is 80.3 Å². The van der Waals surface area contributed by atoms with E-state index in [1.54, 1.807) is 41.3 Å². The Hall–Kier alpha value is -3.23. The number of sulfonamides is 1. The van der Waals surface area contributed by atoms with Crippen LogP contribution in [0.3, 0.4) is 0 Å². The fourth-order valence-corrected chi connectivity index (χ4v) is 6.48. The molecular formula is C29H34ClN3O4S. The zero-order chi connectivity index (χ0) is 27.6. The molecule has 1 amide bonds. The van der Waals surface area contributed by atoms with Crippen LogP contribution in [0, 0.1) is 27.7 Å².